The Labute approximate surface area is 127 Å². The topological polar surface area (TPSA) is 78.4 Å². The van der Waals surface area contributed by atoms with Gasteiger partial charge in [0.05, 0.1) is 18.2 Å². The summed E-state index contributed by atoms with van der Waals surface area (Å²) in [6, 6.07) is 2.56. The molecule has 2 amide bonds. The van der Waals surface area contributed by atoms with E-state index in [9.17, 15) is 23.5 Å². The van der Waals surface area contributed by atoms with E-state index in [0.29, 0.717) is 18.4 Å². The Kier molecular flexibility index (Phi) is 6.91. The summed E-state index contributed by atoms with van der Waals surface area (Å²) < 4.78 is 26.1. The second kappa shape index (κ2) is 8.43. The van der Waals surface area contributed by atoms with E-state index in [1.165, 1.54) is 0 Å². The molecule has 0 aliphatic carbocycles. The molecule has 1 aromatic rings. The fourth-order valence-electron chi connectivity index (χ4n) is 1.85. The number of aliphatic hydroxyl groups is 1. The van der Waals surface area contributed by atoms with E-state index < -0.39 is 29.6 Å². The maximum Gasteiger partial charge on any atom is 0.254 e. The maximum atomic E-state index is 13.4. The first-order chi connectivity index (χ1) is 10.3. The Hall–Kier alpha value is -2.02. The van der Waals surface area contributed by atoms with E-state index in [-0.39, 0.29) is 18.7 Å². The van der Waals surface area contributed by atoms with E-state index >= 15 is 0 Å². The van der Waals surface area contributed by atoms with Crippen LogP contribution in [0.2, 0.25) is 0 Å². The van der Waals surface area contributed by atoms with Crippen LogP contribution in [-0.2, 0) is 4.79 Å². The van der Waals surface area contributed by atoms with Crippen molar-refractivity contribution in [3.05, 3.63) is 35.4 Å². The number of hydrogen-bond acceptors (Lipinski definition) is 3. The predicted octanol–water partition coefficient (Wildman–Crippen LogP) is 1.22. The summed E-state index contributed by atoms with van der Waals surface area (Å²) in [6.45, 7) is 3.62. The van der Waals surface area contributed by atoms with Crippen LogP contribution < -0.4 is 10.6 Å². The molecule has 22 heavy (non-hydrogen) atoms. The van der Waals surface area contributed by atoms with E-state index in [0.717, 1.165) is 12.1 Å². The molecule has 0 spiro atoms. The van der Waals surface area contributed by atoms with Gasteiger partial charge in [0.2, 0.25) is 5.91 Å². The molecule has 0 aliphatic heterocycles. The summed E-state index contributed by atoms with van der Waals surface area (Å²) in [7, 11) is 0. The number of halogens is 2. The van der Waals surface area contributed by atoms with Crippen LogP contribution in [0.3, 0.4) is 0 Å². The van der Waals surface area contributed by atoms with Gasteiger partial charge in [0.15, 0.2) is 0 Å². The lowest BCUT2D eigenvalue weighted by atomic mass is 10.1. The summed E-state index contributed by atoms with van der Waals surface area (Å²) in [6.07, 6.45) is -0.109. The smallest absolute Gasteiger partial charge is 0.254 e. The average molecular weight is 314 g/mol. The minimum absolute atomic E-state index is 0.0811. The van der Waals surface area contributed by atoms with Gasteiger partial charge in [0.1, 0.15) is 11.6 Å². The largest absolute Gasteiger partial charge is 0.391 e. The van der Waals surface area contributed by atoms with E-state index in [1.807, 2.05) is 13.8 Å². The molecule has 0 radical (unpaired) electrons. The molecule has 0 heterocycles. The molecule has 5 nitrogen and oxygen atoms in total. The third kappa shape index (κ3) is 6.17. The molecule has 0 aromatic heterocycles. The summed E-state index contributed by atoms with van der Waals surface area (Å²) in [5, 5.41) is 14.3. The van der Waals surface area contributed by atoms with Gasteiger partial charge in [-0.25, -0.2) is 8.78 Å². The normalized spacial score (nSPS) is 12.1. The van der Waals surface area contributed by atoms with Crippen molar-refractivity contribution in [3.63, 3.8) is 0 Å². The lowest BCUT2D eigenvalue weighted by molar-refractivity contribution is -0.120. The second-order valence-electron chi connectivity index (χ2n) is 5.39. The molecule has 0 saturated heterocycles. The Morgan fingerprint density at radius 2 is 1.91 bits per heavy atom. The number of nitrogens with one attached hydrogen (secondary N) is 2. The lowest BCUT2D eigenvalue weighted by Crippen LogP contribution is -2.40. The highest BCUT2D eigenvalue weighted by Gasteiger charge is 2.14. The molecule has 0 saturated carbocycles. The zero-order valence-corrected chi connectivity index (χ0v) is 12.5. The molecule has 3 N–H and O–H groups in total. The Morgan fingerprint density at radius 3 is 2.50 bits per heavy atom. The summed E-state index contributed by atoms with van der Waals surface area (Å²) in [5.74, 6) is -2.79. The van der Waals surface area contributed by atoms with E-state index in [2.05, 4.69) is 10.6 Å². The first kappa shape index (κ1) is 18.0. The van der Waals surface area contributed by atoms with Gasteiger partial charge in [-0.1, -0.05) is 13.8 Å². The van der Waals surface area contributed by atoms with Crippen LogP contribution in [0.1, 0.15) is 30.6 Å². The summed E-state index contributed by atoms with van der Waals surface area (Å²) in [4.78, 5) is 23.2. The Bertz CT molecular complexity index is 536. The fraction of sp³-hybridized carbons (Fsp3) is 0.467. The molecule has 1 rings (SSSR count). The maximum absolute atomic E-state index is 13.4. The zero-order valence-electron chi connectivity index (χ0n) is 12.5. The number of carbonyl (C=O) groups is 2. The number of carbonyl (C=O) groups excluding carboxylic acids is 2. The van der Waals surface area contributed by atoms with Gasteiger partial charge in [0, 0.05) is 12.6 Å². The lowest BCUT2D eigenvalue weighted by Gasteiger charge is -2.14. The number of benzene rings is 1. The standard InChI is InChI=1S/C15H20F2N2O3/c1-9(2)5-11(20)7-18-14(21)8-19-15(22)12-4-3-10(16)6-13(12)17/h3-4,6,9,11,20H,5,7-8H2,1-2H3,(H,18,21)(H,19,22). The predicted molar refractivity (Wildman–Crippen MR) is 77.2 cm³/mol. The molecule has 1 unspecified atom stereocenters. The van der Waals surface area contributed by atoms with Crippen molar-refractivity contribution in [1.29, 1.82) is 0 Å². The first-order valence-corrected chi connectivity index (χ1v) is 6.97. The fourth-order valence-corrected chi connectivity index (χ4v) is 1.85. The molecule has 0 bridgehead atoms. The Balaban J connectivity index is 2.39. The van der Waals surface area contributed by atoms with Crippen molar-refractivity contribution >= 4 is 11.8 Å². The molecule has 1 aromatic carbocycles. The highest BCUT2D eigenvalue weighted by atomic mass is 19.1. The van der Waals surface area contributed by atoms with Crippen LogP contribution in [-0.4, -0.2) is 36.1 Å². The van der Waals surface area contributed by atoms with Gasteiger partial charge in [-0.15, -0.1) is 0 Å². The van der Waals surface area contributed by atoms with Crippen LogP contribution in [0, 0.1) is 17.6 Å². The van der Waals surface area contributed by atoms with Crippen LogP contribution in [0.4, 0.5) is 8.78 Å². The van der Waals surface area contributed by atoms with E-state index in [4.69, 9.17) is 0 Å². The zero-order chi connectivity index (χ0) is 16.7. The highest BCUT2D eigenvalue weighted by molar-refractivity contribution is 5.96. The van der Waals surface area contributed by atoms with Gasteiger partial charge in [-0.3, -0.25) is 9.59 Å². The van der Waals surface area contributed by atoms with Crippen molar-refractivity contribution in [3.8, 4) is 0 Å². The molecular weight excluding hydrogens is 294 g/mol. The quantitative estimate of drug-likeness (QED) is 0.708. The van der Waals surface area contributed by atoms with Crippen molar-refractivity contribution in [1.82, 2.24) is 10.6 Å². The molecular formula is C15H20F2N2O3. The molecule has 7 heteroatoms. The van der Waals surface area contributed by atoms with Gasteiger partial charge < -0.3 is 15.7 Å². The summed E-state index contributed by atoms with van der Waals surface area (Å²) in [5.41, 5.74) is -0.339. The van der Waals surface area contributed by atoms with Crippen LogP contribution in [0.15, 0.2) is 18.2 Å². The molecule has 0 fully saturated rings. The van der Waals surface area contributed by atoms with Crippen LogP contribution >= 0.6 is 0 Å². The average Bonchev–Trinajstić information content (AvgIpc) is 2.41. The van der Waals surface area contributed by atoms with Gasteiger partial charge in [0.25, 0.3) is 5.91 Å². The van der Waals surface area contributed by atoms with Gasteiger partial charge in [-0.2, -0.15) is 0 Å². The molecule has 1 atom stereocenters. The van der Waals surface area contributed by atoms with E-state index in [1.54, 1.807) is 0 Å². The Morgan fingerprint density at radius 1 is 1.23 bits per heavy atom. The number of rotatable bonds is 7. The minimum atomic E-state index is -0.995. The van der Waals surface area contributed by atoms with Crippen molar-refractivity contribution < 1.29 is 23.5 Å². The van der Waals surface area contributed by atoms with Crippen LogP contribution in [0.5, 0.6) is 0 Å². The first-order valence-electron chi connectivity index (χ1n) is 6.97. The number of amides is 2. The number of aliphatic hydroxyl groups excluding tert-OH is 1. The third-order valence-corrected chi connectivity index (χ3v) is 2.86. The second-order valence-corrected chi connectivity index (χ2v) is 5.39. The van der Waals surface area contributed by atoms with Crippen molar-refractivity contribution in [2.45, 2.75) is 26.4 Å². The van der Waals surface area contributed by atoms with Crippen molar-refractivity contribution in [2.24, 2.45) is 5.92 Å². The highest BCUT2D eigenvalue weighted by Crippen LogP contribution is 2.09. The molecule has 0 aliphatic rings. The summed E-state index contributed by atoms with van der Waals surface area (Å²) >= 11 is 0. The van der Waals surface area contributed by atoms with Crippen molar-refractivity contribution in [2.75, 3.05) is 13.1 Å². The monoisotopic (exact) mass is 314 g/mol. The SMILES string of the molecule is CC(C)CC(O)CNC(=O)CNC(=O)c1ccc(F)cc1F. The van der Waals surface area contributed by atoms with Gasteiger partial charge >= 0.3 is 0 Å². The minimum Gasteiger partial charge on any atom is -0.391 e. The third-order valence-electron chi connectivity index (χ3n) is 2.86. The molecule has 122 valence electrons. The number of hydrogen-bond donors (Lipinski definition) is 3. The van der Waals surface area contributed by atoms with Crippen LogP contribution in [0.25, 0.3) is 0 Å². The van der Waals surface area contributed by atoms with Gasteiger partial charge in [-0.05, 0) is 24.5 Å².